The van der Waals surface area contributed by atoms with Crippen molar-refractivity contribution in [1.82, 2.24) is 0 Å². The molecule has 1 aromatic rings. The van der Waals surface area contributed by atoms with Crippen molar-refractivity contribution < 1.29 is 20.1 Å². The third-order valence-corrected chi connectivity index (χ3v) is 4.47. The normalized spacial score (nSPS) is 11.5. The first-order chi connectivity index (χ1) is 12.3. The van der Waals surface area contributed by atoms with Gasteiger partial charge in [-0.25, -0.2) is 4.79 Å². The SMILES string of the molecule is CCCCCc1cc(O)c(CC=C(C)CCC=C(C)C)c(O)c1C(=O)O. The van der Waals surface area contributed by atoms with E-state index in [0.29, 0.717) is 18.4 Å². The van der Waals surface area contributed by atoms with Gasteiger partial charge in [-0.2, -0.15) is 0 Å². The molecule has 0 radical (unpaired) electrons. The van der Waals surface area contributed by atoms with Crippen molar-refractivity contribution in [2.24, 2.45) is 0 Å². The van der Waals surface area contributed by atoms with E-state index in [1.165, 1.54) is 11.6 Å². The molecule has 0 spiro atoms. The van der Waals surface area contributed by atoms with Crippen LogP contribution in [0.4, 0.5) is 0 Å². The highest BCUT2D eigenvalue weighted by atomic mass is 16.4. The Bertz CT molecular complexity index is 680. The van der Waals surface area contributed by atoms with Crippen LogP contribution in [0.15, 0.2) is 29.4 Å². The Labute approximate surface area is 156 Å². The molecule has 144 valence electrons. The second-order valence-electron chi connectivity index (χ2n) is 7.09. The standard InChI is InChI=1S/C22H32O4/c1-5-6-7-11-17-14-19(23)18(21(24)20(17)22(25)26)13-12-16(4)10-8-9-15(2)3/h9,12,14,23-24H,5-8,10-11,13H2,1-4H3,(H,25,26). The second-order valence-corrected chi connectivity index (χ2v) is 7.09. The predicted octanol–water partition coefficient (Wildman–Crippen LogP) is 5.76. The molecule has 0 atom stereocenters. The Balaban J connectivity index is 3.03. The van der Waals surface area contributed by atoms with E-state index in [1.807, 2.05) is 13.0 Å². The molecule has 4 heteroatoms. The lowest BCUT2D eigenvalue weighted by Gasteiger charge is -2.14. The third kappa shape index (κ3) is 6.58. The van der Waals surface area contributed by atoms with Crippen LogP contribution in [0.25, 0.3) is 0 Å². The van der Waals surface area contributed by atoms with Gasteiger partial charge in [-0.15, -0.1) is 0 Å². The minimum absolute atomic E-state index is 0.0349. The lowest BCUT2D eigenvalue weighted by molar-refractivity contribution is 0.0692. The first-order valence-corrected chi connectivity index (χ1v) is 9.36. The number of aromatic carboxylic acids is 1. The number of unbranched alkanes of at least 4 members (excludes halogenated alkanes) is 2. The molecule has 0 bridgehead atoms. The molecular weight excluding hydrogens is 328 g/mol. The average Bonchev–Trinajstić information content (AvgIpc) is 2.53. The molecule has 0 heterocycles. The van der Waals surface area contributed by atoms with Gasteiger partial charge in [0.05, 0.1) is 0 Å². The van der Waals surface area contributed by atoms with Crippen LogP contribution >= 0.6 is 0 Å². The summed E-state index contributed by atoms with van der Waals surface area (Å²) >= 11 is 0. The Morgan fingerprint density at radius 1 is 1.12 bits per heavy atom. The summed E-state index contributed by atoms with van der Waals surface area (Å²) in [6.07, 6.45) is 9.63. The topological polar surface area (TPSA) is 77.8 Å². The van der Waals surface area contributed by atoms with E-state index in [4.69, 9.17) is 0 Å². The van der Waals surface area contributed by atoms with Crippen LogP contribution in [0.3, 0.4) is 0 Å². The summed E-state index contributed by atoms with van der Waals surface area (Å²) in [7, 11) is 0. The fourth-order valence-electron chi connectivity index (χ4n) is 2.92. The highest BCUT2D eigenvalue weighted by molar-refractivity contribution is 5.93. The first-order valence-electron chi connectivity index (χ1n) is 9.36. The number of carboxylic acid groups (broad SMARTS) is 1. The number of phenolic OH excluding ortho intramolecular Hbond substituents is 1. The van der Waals surface area contributed by atoms with Gasteiger partial charge in [-0.3, -0.25) is 0 Å². The fourth-order valence-corrected chi connectivity index (χ4v) is 2.92. The van der Waals surface area contributed by atoms with Crippen molar-refractivity contribution >= 4 is 5.97 Å². The summed E-state index contributed by atoms with van der Waals surface area (Å²) in [6, 6.07) is 1.50. The van der Waals surface area contributed by atoms with Crippen LogP contribution in [0, 0.1) is 0 Å². The van der Waals surface area contributed by atoms with Crippen molar-refractivity contribution in [3.63, 3.8) is 0 Å². The number of benzene rings is 1. The maximum atomic E-state index is 11.6. The maximum Gasteiger partial charge on any atom is 0.339 e. The summed E-state index contributed by atoms with van der Waals surface area (Å²) < 4.78 is 0. The van der Waals surface area contributed by atoms with Crippen molar-refractivity contribution in [2.75, 3.05) is 0 Å². The Morgan fingerprint density at radius 3 is 2.38 bits per heavy atom. The van der Waals surface area contributed by atoms with Crippen molar-refractivity contribution in [2.45, 2.75) is 72.6 Å². The molecule has 3 N–H and O–H groups in total. The molecule has 0 aliphatic heterocycles. The molecule has 0 aromatic heterocycles. The second kappa shape index (κ2) is 10.7. The number of carboxylic acids is 1. The van der Waals surface area contributed by atoms with Crippen LogP contribution in [0.5, 0.6) is 11.5 Å². The molecule has 0 unspecified atom stereocenters. The largest absolute Gasteiger partial charge is 0.508 e. The number of hydrogen-bond donors (Lipinski definition) is 3. The molecule has 0 amide bonds. The first kappa shape index (κ1) is 21.8. The van der Waals surface area contributed by atoms with E-state index >= 15 is 0 Å². The number of allylic oxidation sites excluding steroid dienone is 4. The van der Waals surface area contributed by atoms with Crippen LogP contribution in [-0.2, 0) is 12.8 Å². The summed E-state index contributed by atoms with van der Waals surface area (Å²) in [5.74, 6) is -1.50. The lowest BCUT2D eigenvalue weighted by Crippen LogP contribution is -2.05. The number of carbonyl (C=O) groups is 1. The van der Waals surface area contributed by atoms with Gasteiger partial charge in [0.15, 0.2) is 0 Å². The van der Waals surface area contributed by atoms with E-state index in [2.05, 4.69) is 26.8 Å². The molecule has 26 heavy (non-hydrogen) atoms. The zero-order valence-corrected chi connectivity index (χ0v) is 16.4. The van der Waals surface area contributed by atoms with Gasteiger partial charge in [-0.05, 0) is 64.5 Å². The molecule has 0 saturated heterocycles. The van der Waals surface area contributed by atoms with Gasteiger partial charge in [0, 0.05) is 5.56 Å². The summed E-state index contributed by atoms with van der Waals surface area (Å²) in [5.41, 5.74) is 3.12. The molecule has 0 fully saturated rings. The van der Waals surface area contributed by atoms with Gasteiger partial charge in [0.2, 0.25) is 0 Å². The lowest BCUT2D eigenvalue weighted by atomic mass is 9.95. The molecular formula is C22H32O4. The number of phenols is 2. The van der Waals surface area contributed by atoms with E-state index in [1.54, 1.807) is 0 Å². The van der Waals surface area contributed by atoms with E-state index in [9.17, 15) is 20.1 Å². The maximum absolute atomic E-state index is 11.6. The Morgan fingerprint density at radius 2 is 1.81 bits per heavy atom. The minimum Gasteiger partial charge on any atom is -0.508 e. The van der Waals surface area contributed by atoms with E-state index < -0.39 is 5.97 Å². The highest BCUT2D eigenvalue weighted by Crippen LogP contribution is 2.35. The van der Waals surface area contributed by atoms with Gasteiger partial charge in [0.1, 0.15) is 17.1 Å². The van der Waals surface area contributed by atoms with Crippen molar-refractivity contribution in [3.05, 3.63) is 46.1 Å². The monoisotopic (exact) mass is 360 g/mol. The number of hydrogen-bond acceptors (Lipinski definition) is 3. The van der Waals surface area contributed by atoms with Crippen LogP contribution in [0.2, 0.25) is 0 Å². The highest BCUT2D eigenvalue weighted by Gasteiger charge is 2.21. The number of rotatable bonds is 10. The molecule has 1 aromatic carbocycles. The zero-order valence-electron chi connectivity index (χ0n) is 16.4. The molecule has 4 nitrogen and oxygen atoms in total. The van der Waals surface area contributed by atoms with Gasteiger partial charge in [-0.1, -0.05) is 43.1 Å². The number of aromatic hydroxyl groups is 2. The Kier molecular flexibility index (Phi) is 8.97. The zero-order chi connectivity index (χ0) is 19.7. The summed E-state index contributed by atoms with van der Waals surface area (Å²) in [6.45, 7) is 8.20. The summed E-state index contributed by atoms with van der Waals surface area (Å²) in [4.78, 5) is 11.6. The molecule has 1 rings (SSSR count). The molecule has 0 aliphatic rings. The molecule has 0 saturated carbocycles. The minimum atomic E-state index is -1.15. The van der Waals surface area contributed by atoms with Gasteiger partial charge < -0.3 is 15.3 Å². The fraction of sp³-hybridized carbons (Fsp3) is 0.500. The molecule has 0 aliphatic carbocycles. The van der Waals surface area contributed by atoms with E-state index in [0.717, 1.165) is 37.7 Å². The number of aryl methyl sites for hydroxylation is 1. The van der Waals surface area contributed by atoms with Crippen molar-refractivity contribution in [1.29, 1.82) is 0 Å². The summed E-state index contributed by atoms with van der Waals surface area (Å²) in [5, 5.41) is 30.3. The Hall–Kier alpha value is -2.23. The van der Waals surface area contributed by atoms with Gasteiger partial charge >= 0.3 is 5.97 Å². The van der Waals surface area contributed by atoms with Crippen LogP contribution in [0.1, 0.15) is 81.3 Å². The van der Waals surface area contributed by atoms with E-state index in [-0.39, 0.29) is 22.6 Å². The predicted molar refractivity (Wildman–Crippen MR) is 106 cm³/mol. The van der Waals surface area contributed by atoms with Crippen molar-refractivity contribution in [3.8, 4) is 11.5 Å². The average molecular weight is 360 g/mol. The van der Waals surface area contributed by atoms with Gasteiger partial charge in [0.25, 0.3) is 0 Å². The smallest absolute Gasteiger partial charge is 0.339 e. The third-order valence-electron chi connectivity index (χ3n) is 4.47. The van der Waals surface area contributed by atoms with Crippen LogP contribution < -0.4 is 0 Å². The quantitative estimate of drug-likeness (QED) is 0.366. The van der Waals surface area contributed by atoms with Crippen LogP contribution in [-0.4, -0.2) is 21.3 Å².